The monoisotopic (exact) mass is 480 g/mol. The maximum absolute atomic E-state index is 12.4. The molecule has 2 aliphatic rings. The molecular formula is C26H32N4O3S. The van der Waals surface area contributed by atoms with Crippen molar-refractivity contribution in [3.63, 3.8) is 0 Å². The zero-order chi connectivity index (χ0) is 23.9. The third-order valence-electron chi connectivity index (χ3n) is 6.97. The average molecular weight is 481 g/mol. The minimum atomic E-state index is -3.33. The van der Waals surface area contributed by atoms with Gasteiger partial charge < -0.3 is 14.8 Å². The van der Waals surface area contributed by atoms with Crippen molar-refractivity contribution >= 4 is 43.9 Å². The molecule has 2 aromatic carbocycles. The average Bonchev–Trinajstić information content (AvgIpc) is 3.34. The molecule has 1 saturated heterocycles. The number of hydrogen-bond donors (Lipinski definition) is 2. The number of carbonyl (C=O) groups is 1. The van der Waals surface area contributed by atoms with Gasteiger partial charge in [0.2, 0.25) is 15.9 Å². The van der Waals surface area contributed by atoms with Crippen LogP contribution in [0.25, 0.3) is 22.2 Å². The molecule has 2 heterocycles. The van der Waals surface area contributed by atoms with Crippen molar-refractivity contribution in [2.75, 3.05) is 34.3 Å². The van der Waals surface area contributed by atoms with Crippen LogP contribution in [0.2, 0.25) is 0 Å². The number of rotatable bonds is 8. The highest BCUT2D eigenvalue weighted by Gasteiger charge is 2.29. The fourth-order valence-corrected chi connectivity index (χ4v) is 6.28. The highest BCUT2D eigenvalue weighted by atomic mass is 32.2. The van der Waals surface area contributed by atoms with Crippen molar-refractivity contribution in [2.24, 2.45) is 0 Å². The van der Waals surface area contributed by atoms with E-state index in [0.717, 1.165) is 59.3 Å². The number of fused-ring (bicyclic) bond motifs is 1. The van der Waals surface area contributed by atoms with E-state index in [4.69, 9.17) is 0 Å². The fraction of sp³-hybridized carbons (Fsp3) is 0.423. The van der Waals surface area contributed by atoms with Crippen LogP contribution in [-0.2, 0) is 14.8 Å². The smallest absolute Gasteiger partial charge is 0.232 e. The fourth-order valence-electron chi connectivity index (χ4n) is 5.14. The van der Waals surface area contributed by atoms with E-state index in [0.29, 0.717) is 24.6 Å². The summed E-state index contributed by atoms with van der Waals surface area (Å²) < 4.78 is 29.4. The molecule has 1 amide bonds. The van der Waals surface area contributed by atoms with E-state index in [1.165, 1.54) is 6.42 Å². The highest BCUT2D eigenvalue weighted by molar-refractivity contribution is 7.92. The van der Waals surface area contributed by atoms with Crippen LogP contribution in [0.1, 0.15) is 51.5 Å². The molecule has 0 spiro atoms. The van der Waals surface area contributed by atoms with Crippen molar-refractivity contribution in [2.45, 2.75) is 51.5 Å². The molecule has 2 fully saturated rings. The van der Waals surface area contributed by atoms with E-state index in [-0.39, 0.29) is 11.7 Å². The van der Waals surface area contributed by atoms with Gasteiger partial charge >= 0.3 is 0 Å². The van der Waals surface area contributed by atoms with Crippen LogP contribution in [-0.4, -0.2) is 38.2 Å². The third-order valence-corrected chi connectivity index (χ3v) is 8.46. The van der Waals surface area contributed by atoms with Crippen molar-refractivity contribution < 1.29 is 13.2 Å². The maximum atomic E-state index is 12.4. The molecule has 0 atom stereocenters. The quantitative estimate of drug-likeness (QED) is 0.455. The second kappa shape index (κ2) is 8.98. The first kappa shape index (κ1) is 22.8. The number of nitrogens with zero attached hydrogens (tertiary/aromatic N) is 2. The predicted octanol–water partition coefficient (Wildman–Crippen LogP) is 5.35. The van der Waals surface area contributed by atoms with Gasteiger partial charge in [0.05, 0.1) is 22.7 Å². The molecule has 3 aromatic rings. The number of amides is 1. The number of nitrogens with one attached hydrogen (secondary N) is 2. The van der Waals surface area contributed by atoms with E-state index in [2.05, 4.69) is 26.7 Å². The number of aromatic nitrogens is 1. The molecular weight excluding hydrogens is 448 g/mol. The molecule has 180 valence electrons. The van der Waals surface area contributed by atoms with Crippen LogP contribution in [0, 0.1) is 0 Å². The van der Waals surface area contributed by atoms with Gasteiger partial charge in [-0.3, -0.25) is 9.52 Å². The van der Waals surface area contributed by atoms with E-state index in [1.807, 2.05) is 49.2 Å². The summed E-state index contributed by atoms with van der Waals surface area (Å²) >= 11 is 0. The molecule has 1 aliphatic carbocycles. The lowest BCUT2D eigenvalue weighted by molar-refractivity contribution is -0.117. The van der Waals surface area contributed by atoms with Gasteiger partial charge in [-0.05, 0) is 62.4 Å². The molecule has 0 bridgehead atoms. The lowest BCUT2D eigenvalue weighted by atomic mass is 9.92. The first-order valence-corrected chi connectivity index (χ1v) is 13.8. The minimum absolute atomic E-state index is 0.108. The Bertz CT molecular complexity index is 1320. The Hall–Kier alpha value is -3.00. The Kier molecular flexibility index (Phi) is 6.02. The topological polar surface area (TPSA) is 83.4 Å². The van der Waals surface area contributed by atoms with E-state index < -0.39 is 10.0 Å². The number of benzene rings is 2. The molecule has 1 aromatic heterocycles. The number of anilines is 3. The number of sulfonamides is 1. The van der Waals surface area contributed by atoms with Crippen molar-refractivity contribution in [3.05, 3.63) is 42.5 Å². The molecule has 0 radical (unpaired) electrons. The molecule has 1 aliphatic heterocycles. The van der Waals surface area contributed by atoms with Crippen LogP contribution in [0.3, 0.4) is 0 Å². The lowest BCUT2D eigenvalue weighted by Crippen LogP contribution is -2.23. The number of carbonyl (C=O) groups excluding carboxylic acids is 1. The van der Waals surface area contributed by atoms with Gasteiger partial charge in [-0.1, -0.05) is 19.1 Å². The van der Waals surface area contributed by atoms with E-state index in [9.17, 15) is 13.2 Å². The lowest BCUT2D eigenvalue weighted by Gasteiger charge is -2.30. The Balaban J connectivity index is 1.60. The minimum Gasteiger partial charge on any atom is -0.386 e. The third kappa shape index (κ3) is 4.04. The first-order valence-electron chi connectivity index (χ1n) is 12.2. The summed E-state index contributed by atoms with van der Waals surface area (Å²) in [7, 11) is -1.39. The molecule has 1 saturated carbocycles. The van der Waals surface area contributed by atoms with Gasteiger partial charge in [0.25, 0.3) is 0 Å². The van der Waals surface area contributed by atoms with Crippen molar-refractivity contribution in [1.29, 1.82) is 0 Å². The molecule has 0 unspecified atom stereocenters. The van der Waals surface area contributed by atoms with E-state index >= 15 is 0 Å². The summed E-state index contributed by atoms with van der Waals surface area (Å²) in [5.74, 6) is 0.299. The summed E-state index contributed by atoms with van der Waals surface area (Å²) in [4.78, 5) is 14.3. The highest BCUT2D eigenvalue weighted by Crippen LogP contribution is 2.46. The normalized spacial score (nSPS) is 16.8. The van der Waals surface area contributed by atoms with Crippen LogP contribution in [0.15, 0.2) is 42.5 Å². The van der Waals surface area contributed by atoms with Gasteiger partial charge in [-0.25, -0.2) is 8.42 Å². The summed E-state index contributed by atoms with van der Waals surface area (Å²) in [6.07, 6.45) is 5.56. The zero-order valence-electron chi connectivity index (χ0n) is 19.8. The first-order chi connectivity index (χ1) is 16.4. The summed E-state index contributed by atoms with van der Waals surface area (Å²) in [5.41, 5.74) is 5.86. The molecule has 8 heteroatoms. The summed E-state index contributed by atoms with van der Waals surface area (Å²) in [6, 6.07) is 14.4. The predicted molar refractivity (Wildman–Crippen MR) is 139 cm³/mol. The van der Waals surface area contributed by atoms with Crippen LogP contribution < -0.4 is 14.9 Å². The summed E-state index contributed by atoms with van der Waals surface area (Å²) in [5, 5.41) is 4.55. The van der Waals surface area contributed by atoms with Crippen LogP contribution in [0.5, 0.6) is 0 Å². The van der Waals surface area contributed by atoms with Gasteiger partial charge in [0, 0.05) is 48.4 Å². The maximum Gasteiger partial charge on any atom is 0.232 e. The Morgan fingerprint density at radius 1 is 1.06 bits per heavy atom. The van der Waals surface area contributed by atoms with Gasteiger partial charge in [0.1, 0.15) is 0 Å². The zero-order valence-corrected chi connectivity index (χ0v) is 20.6. The number of hydrogen-bond acceptors (Lipinski definition) is 4. The molecule has 34 heavy (non-hydrogen) atoms. The van der Waals surface area contributed by atoms with Gasteiger partial charge in [-0.2, -0.15) is 0 Å². The Labute approximate surface area is 201 Å². The van der Waals surface area contributed by atoms with Crippen LogP contribution >= 0.6 is 0 Å². The van der Waals surface area contributed by atoms with Gasteiger partial charge in [0.15, 0.2) is 0 Å². The van der Waals surface area contributed by atoms with Crippen molar-refractivity contribution in [1.82, 2.24) is 4.57 Å². The van der Waals surface area contributed by atoms with Crippen LogP contribution in [0.4, 0.5) is 17.1 Å². The second-order valence-corrected chi connectivity index (χ2v) is 11.1. The molecule has 5 rings (SSSR count). The Morgan fingerprint density at radius 3 is 2.41 bits per heavy atom. The molecule has 7 nitrogen and oxygen atoms in total. The SMILES string of the molecule is CCCS(=O)(=O)Nc1ccc(-c2c(NC)c3ccc(N4CCCC4=O)cc3n2C2CCC2)cc1. The largest absolute Gasteiger partial charge is 0.386 e. The second-order valence-electron chi connectivity index (χ2n) is 9.28. The van der Waals surface area contributed by atoms with Gasteiger partial charge in [-0.15, -0.1) is 0 Å². The summed E-state index contributed by atoms with van der Waals surface area (Å²) in [6.45, 7) is 2.63. The van der Waals surface area contributed by atoms with Crippen molar-refractivity contribution in [3.8, 4) is 11.3 Å². The Morgan fingerprint density at radius 2 is 1.82 bits per heavy atom. The molecule has 2 N–H and O–H groups in total. The van der Waals surface area contributed by atoms with E-state index in [1.54, 1.807) is 0 Å². The standard InChI is InChI=1S/C26H32N4O3S/c1-3-16-34(32,33)28-19-11-9-18(10-12-19)26-25(27-2)22-14-13-21(29-15-5-8-24(29)31)17-23(22)30(26)20-6-4-7-20/h9-14,17,20,27-28H,3-8,15-16H2,1-2H3.